The van der Waals surface area contributed by atoms with Crippen LogP contribution in [0.5, 0.6) is 0 Å². The first-order chi connectivity index (χ1) is 9.33. The average molecular weight is 293 g/mol. The number of aryl methyl sites for hydroxylation is 2. The summed E-state index contributed by atoms with van der Waals surface area (Å²) >= 11 is 0. The maximum Gasteiger partial charge on any atom is 0.264 e. The summed E-state index contributed by atoms with van der Waals surface area (Å²) in [6, 6.07) is 1.74. The summed E-state index contributed by atoms with van der Waals surface area (Å²) in [6.45, 7) is 5.23. The average Bonchev–Trinajstić information content (AvgIpc) is 2.36. The van der Waals surface area contributed by atoms with E-state index in [-0.39, 0.29) is 10.8 Å². The third-order valence-corrected chi connectivity index (χ3v) is 4.55. The van der Waals surface area contributed by atoms with E-state index in [2.05, 4.69) is 19.9 Å². The topological polar surface area (TPSA) is 111 Å². The number of nitrogens with two attached hydrogens (primary N) is 1. The van der Waals surface area contributed by atoms with E-state index >= 15 is 0 Å². The number of nitrogens with zero attached hydrogens (tertiary/aromatic N) is 3. The van der Waals surface area contributed by atoms with Gasteiger partial charge >= 0.3 is 0 Å². The molecule has 20 heavy (non-hydrogen) atoms. The van der Waals surface area contributed by atoms with Crippen LogP contribution < -0.4 is 10.5 Å². The van der Waals surface area contributed by atoms with E-state index in [1.165, 1.54) is 12.4 Å². The molecule has 0 aliphatic heterocycles. The van der Waals surface area contributed by atoms with Crippen molar-refractivity contribution in [2.45, 2.75) is 25.7 Å². The maximum absolute atomic E-state index is 12.4. The van der Waals surface area contributed by atoms with E-state index < -0.39 is 10.0 Å². The number of rotatable bonds is 3. The third kappa shape index (κ3) is 2.55. The third-order valence-electron chi connectivity index (χ3n) is 2.94. The van der Waals surface area contributed by atoms with Crippen LogP contribution in [-0.2, 0) is 10.0 Å². The van der Waals surface area contributed by atoms with Crippen LogP contribution in [-0.4, -0.2) is 23.6 Å². The first-order valence-corrected chi connectivity index (χ1v) is 7.34. The highest BCUT2D eigenvalue weighted by Crippen LogP contribution is 2.28. The Bertz CT molecular complexity index is 744. The number of nitrogen functional groups attached to an aromatic ring is 1. The SMILES string of the molecule is Cc1cc(C)c(S(=O)(=O)Nc2nccnn2)c(C)c1N. The van der Waals surface area contributed by atoms with E-state index in [4.69, 9.17) is 5.73 Å². The van der Waals surface area contributed by atoms with Crippen LogP contribution in [0, 0.1) is 20.8 Å². The Hall–Kier alpha value is -2.22. The van der Waals surface area contributed by atoms with Gasteiger partial charge in [0.1, 0.15) is 0 Å². The summed E-state index contributed by atoms with van der Waals surface area (Å²) in [5.41, 5.74) is 8.34. The fraction of sp³-hybridized carbons (Fsp3) is 0.250. The van der Waals surface area contributed by atoms with E-state index in [1.54, 1.807) is 19.9 Å². The molecule has 0 bridgehead atoms. The molecule has 0 aliphatic rings. The molecule has 8 heteroatoms. The van der Waals surface area contributed by atoms with Crippen molar-refractivity contribution in [2.24, 2.45) is 0 Å². The van der Waals surface area contributed by atoms with Gasteiger partial charge in [-0.1, -0.05) is 6.07 Å². The molecule has 0 unspecified atom stereocenters. The molecule has 0 fully saturated rings. The van der Waals surface area contributed by atoms with E-state index in [1.807, 2.05) is 6.92 Å². The number of anilines is 2. The molecule has 0 spiro atoms. The van der Waals surface area contributed by atoms with Crippen LogP contribution in [0.15, 0.2) is 23.4 Å². The lowest BCUT2D eigenvalue weighted by atomic mass is 10.1. The van der Waals surface area contributed by atoms with Crippen LogP contribution in [0.2, 0.25) is 0 Å². The summed E-state index contributed by atoms with van der Waals surface area (Å²) < 4.78 is 27.2. The molecule has 1 aromatic heterocycles. The molecule has 0 aliphatic carbocycles. The molecule has 0 amide bonds. The summed E-state index contributed by atoms with van der Waals surface area (Å²) in [5.74, 6) is -0.0783. The van der Waals surface area contributed by atoms with Crippen molar-refractivity contribution < 1.29 is 8.42 Å². The Morgan fingerprint density at radius 3 is 2.45 bits per heavy atom. The zero-order valence-corrected chi connectivity index (χ0v) is 12.2. The predicted octanol–water partition coefficient (Wildman–Crippen LogP) is 1.18. The molecule has 2 rings (SSSR count). The molecular formula is C12H15N5O2S. The van der Waals surface area contributed by atoms with Crippen LogP contribution >= 0.6 is 0 Å². The zero-order valence-electron chi connectivity index (χ0n) is 11.4. The van der Waals surface area contributed by atoms with Crippen molar-refractivity contribution in [1.29, 1.82) is 0 Å². The minimum absolute atomic E-state index is 0.0783. The second kappa shape index (κ2) is 5.04. The molecule has 0 radical (unpaired) electrons. The minimum Gasteiger partial charge on any atom is -0.398 e. The molecule has 0 atom stereocenters. The summed E-state index contributed by atoms with van der Waals surface area (Å²) in [5, 5.41) is 7.18. The van der Waals surface area contributed by atoms with Gasteiger partial charge in [-0.3, -0.25) is 0 Å². The number of hydrogen-bond acceptors (Lipinski definition) is 6. The standard InChI is InChI=1S/C12H15N5O2S/c1-7-6-8(2)11(9(3)10(7)13)20(18,19)17-12-14-4-5-15-16-12/h4-6H,13H2,1-3H3,(H,14,16,17). The lowest BCUT2D eigenvalue weighted by Crippen LogP contribution is -2.18. The van der Waals surface area contributed by atoms with Crippen molar-refractivity contribution in [3.63, 3.8) is 0 Å². The lowest BCUT2D eigenvalue weighted by Gasteiger charge is -2.15. The number of aromatic nitrogens is 3. The number of sulfonamides is 1. The monoisotopic (exact) mass is 293 g/mol. The van der Waals surface area contributed by atoms with Gasteiger partial charge in [-0.25, -0.2) is 18.1 Å². The second-order valence-electron chi connectivity index (χ2n) is 4.45. The van der Waals surface area contributed by atoms with Crippen LogP contribution in [0.25, 0.3) is 0 Å². The molecule has 2 aromatic rings. The fourth-order valence-electron chi connectivity index (χ4n) is 2.06. The van der Waals surface area contributed by atoms with Gasteiger partial charge in [0, 0.05) is 5.69 Å². The fourth-order valence-corrected chi connectivity index (χ4v) is 3.49. The highest BCUT2D eigenvalue weighted by molar-refractivity contribution is 7.92. The van der Waals surface area contributed by atoms with Crippen molar-refractivity contribution in [2.75, 3.05) is 10.5 Å². The Labute approximate surface area is 117 Å². The van der Waals surface area contributed by atoms with Crippen LogP contribution in [0.3, 0.4) is 0 Å². The van der Waals surface area contributed by atoms with Gasteiger partial charge in [0.25, 0.3) is 16.0 Å². The molecular weight excluding hydrogens is 278 g/mol. The summed E-state index contributed by atoms with van der Waals surface area (Å²) in [6.07, 6.45) is 2.71. The maximum atomic E-state index is 12.4. The molecule has 3 N–H and O–H groups in total. The highest BCUT2D eigenvalue weighted by atomic mass is 32.2. The van der Waals surface area contributed by atoms with Gasteiger partial charge in [-0.2, -0.15) is 5.10 Å². The molecule has 1 aromatic carbocycles. The van der Waals surface area contributed by atoms with E-state index in [0.717, 1.165) is 5.56 Å². The lowest BCUT2D eigenvalue weighted by molar-refractivity contribution is 0.599. The highest BCUT2D eigenvalue weighted by Gasteiger charge is 2.23. The first kappa shape index (κ1) is 14.2. The van der Waals surface area contributed by atoms with Gasteiger partial charge < -0.3 is 5.73 Å². The Kier molecular flexibility index (Phi) is 3.58. The number of hydrogen-bond donors (Lipinski definition) is 2. The quantitative estimate of drug-likeness (QED) is 0.822. The molecule has 0 saturated carbocycles. The second-order valence-corrected chi connectivity index (χ2v) is 6.07. The van der Waals surface area contributed by atoms with Crippen molar-refractivity contribution in [3.05, 3.63) is 35.2 Å². The Balaban J connectivity index is 2.53. The minimum atomic E-state index is -3.81. The van der Waals surface area contributed by atoms with Gasteiger partial charge in [0.15, 0.2) is 0 Å². The van der Waals surface area contributed by atoms with Crippen molar-refractivity contribution in [3.8, 4) is 0 Å². The van der Waals surface area contributed by atoms with Crippen LogP contribution in [0.1, 0.15) is 16.7 Å². The number of nitrogens with one attached hydrogen (secondary N) is 1. The van der Waals surface area contributed by atoms with Gasteiger partial charge in [0.2, 0.25) is 0 Å². The smallest absolute Gasteiger partial charge is 0.264 e. The number of benzene rings is 1. The molecule has 1 heterocycles. The normalized spacial score (nSPS) is 11.3. The van der Waals surface area contributed by atoms with Crippen molar-refractivity contribution in [1.82, 2.24) is 15.2 Å². The zero-order chi connectivity index (χ0) is 14.9. The van der Waals surface area contributed by atoms with Crippen molar-refractivity contribution >= 4 is 21.7 Å². The molecule has 7 nitrogen and oxygen atoms in total. The Morgan fingerprint density at radius 1 is 1.15 bits per heavy atom. The Morgan fingerprint density at radius 2 is 1.85 bits per heavy atom. The largest absolute Gasteiger partial charge is 0.398 e. The van der Waals surface area contributed by atoms with Crippen LogP contribution in [0.4, 0.5) is 11.6 Å². The van der Waals surface area contributed by atoms with Gasteiger partial charge in [0.05, 0.1) is 17.3 Å². The van der Waals surface area contributed by atoms with Gasteiger partial charge in [-0.05, 0) is 37.5 Å². The van der Waals surface area contributed by atoms with E-state index in [0.29, 0.717) is 16.8 Å². The van der Waals surface area contributed by atoms with Gasteiger partial charge in [-0.15, -0.1) is 5.10 Å². The molecule has 106 valence electrons. The van der Waals surface area contributed by atoms with E-state index in [9.17, 15) is 8.42 Å². The summed E-state index contributed by atoms with van der Waals surface area (Å²) in [7, 11) is -3.81. The molecule has 0 saturated heterocycles. The summed E-state index contributed by atoms with van der Waals surface area (Å²) in [4.78, 5) is 3.94. The predicted molar refractivity (Wildman–Crippen MR) is 75.7 cm³/mol. The first-order valence-electron chi connectivity index (χ1n) is 5.85.